The molecule has 16 heavy (non-hydrogen) atoms. The van der Waals surface area contributed by atoms with Gasteiger partial charge in [-0.1, -0.05) is 18.2 Å². The number of benzene rings is 1. The van der Waals surface area contributed by atoms with E-state index in [-0.39, 0.29) is 6.61 Å². The summed E-state index contributed by atoms with van der Waals surface area (Å²) in [6.45, 7) is 0.887. The summed E-state index contributed by atoms with van der Waals surface area (Å²) < 4.78 is 0. The van der Waals surface area contributed by atoms with Crippen LogP contribution in [0.15, 0.2) is 30.5 Å². The Kier molecular flexibility index (Phi) is 3.17. The molecule has 0 aliphatic heterocycles. The fourth-order valence-corrected chi connectivity index (χ4v) is 1.83. The van der Waals surface area contributed by atoms with Crippen molar-refractivity contribution in [3.8, 4) is 0 Å². The number of aliphatic hydroxyl groups is 1. The third kappa shape index (κ3) is 2.21. The highest BCUT2D eigenvalue weighted by Crippen LogP contribution is 2.19. The molecule has 0 amide bonds. The molecule has 3 nitrogen and oxygen atoms in total. The van der Waals surface area contributed by atoms with Crippen molar-refractivity contribution >= 4 is 10.8 Å². The van der Waals surface area contributed by atoms with E-state index < -0.39 is 0 Å². The van der Waals surface area contributed by atoms with Crippen LogP contribution in [0.2, 0.25) is 0 Å². The minimum atomic E-state index is 0.0722. The van der Waals surface area contributed by atoms with E-state index >= 15 is 0 Å². The van der Waals surface area contributed by atoms with E-state index in [1.165, 1.54) is 0 Å². The molecule has 1 aromatic heterocycles. The molecule has 0 atom stereocenters. The summed E-state index contributed by atoms with van der Waals surface area (Å²) in [5.74, 6) is 0. The lowest BCUT2D eigenvalue weighted by atomic mass is 10.1. The molecule has 0 aliphatic carbocycles. The van der Waals surface area contributed by atoms with Gasteiger partial charge in [0.15, 0.2) is 0 Å². The van der Waals surface area contributed by atoms with E-state index in [1.54, 1.807) is 0 Å². The van der Waals surface area contributed by atoms with Crippen LogP contribution in [-0.2, 0) is 13.2 Å². The molecule has 0 fully saturated rings. The van der Waals surface area contributed by atoms with Crippen LogP contribution in [0.1, 0.15) is 11.3 Å². The third-order valence-corrected chi connectivity index (χ3v) is 2.56. The maximum absolute atomic E-state index is 9.28. The molecule has 0 radical (unpaired) electrons. The summed E-state index contributed by atoms with van der Waals surface area (Å²) in [5.41, 5.74) is 1.98. The zero-order chi connectivity index (χ0) is 11.5. The van der Waals surface area contributed by atoms with Crippen molar-refractivity contribution in [2.24, 2.45) is 0 Å². The first-order valence-electron chi connectivity index (χ1n) is 5.33. The molecule has 2 aromatic rings. The quantitative estimate of drug-likeness (QED) is 0.849. The molecule has 1 aromatic carbocycles. The van der Waals surface area contributed by atoms with Gasteiger partial charge in [-0.3, -0.25) is 4.98 Å². The first kappa shape index (κ1) is 11.0. The van der Waals surface area contributed by atoms with E-state index in [9.17, 15) is 5.11 Å². The molecule has 0 saturated carbocycles. The summed E-state index contributed by atoms with van der Waals surface area (Å²) in [6.07, 6.45) is 1.87. The number of pyridine rings is 1. The van der Waals surface area contributed by atoms with Gasteiger partial charge in [-0.2, -0.15) is 0 Å². The number of rotatable bonds is 3. The zero-order valence-electron chi connectivity index (χ0n) is 9.64. The van der Waals surface area contributed by atoms with Gasteiger partial charge in [-0.25, -0.2) is 0 Å². The van der Waals surface area contributed by atoms with Crippen molar-refractivity contribution in [2.75, 3.05) is 14.1 Å². The van der Waals surface area contributed by atoms with Gasteiger partial charge in [0.2, 0.25) is 0 Å². The Morgan fingerprint density at radius 3 is 2.81 bits per heavy atom. The second-order valence-electron chi connectivity index (χ2n) is 4.21. The maximum atomic E-state index is 9.28. The monoisotopic (exact) mass is 216 g/mol. The summed E-state index contributed by atoms with van der Waals surface area (Å²) in [7, 11) is 4.04. The Morgan fingerprint density at radius 2 is 2.12 bits per heavy atom. The van der Waals surface area contributed by atoms with Crippen LogP contribution in [0.3, 0.4) is 0 Å². The lowest BCUT2D eigenvalue weighted by molar-refractivity contribution is 0.283. The lowest BCUT2D eigenvalue weighted by Crippen LogP contribution is -2.11. The van der Waals surface area contributed by atoms with Gasteiger partial charge in [0.25, 0.3) is 0 Å². The number of nitrogens with zero attached hydrogens (tertiary/aromatic N) is 2. The van der Waals surface area contributed by atoms with Crippen molar-refractivity contribution in [1.29, 1.82) is 0 Å². The number of aromatic nitrogens is 1. The highest BCUT2D eigenvalue weighted by Gasteiger charge is 2.03. The summed E-state index contributed by atoms with van der Waals surface area (Å²) >= 11 is 0. The van der Waals surface area contributed by atoms with Crippen LogP contribution < -0.4 is 0 Å². The van der Waals surface area contributed by atoms with Gasteiger partial charge in [0.05, 0.1) is 12.3 Å². The number of hydrogen-bond donors (Lipinski definition) is 1. The van der Waals surface area contributed by atoms with Crippen LogP contribution in [0.4, 0.5) is 0 Å². The van der Waals surface area contributed by atoms with E-state index in [4.69, 9.17) is 0 Å². The molecular formula is C13H16N2O. The van der Waals surface area contributed by atoms with Gasteiger partial charge in [0.1, 0.15) is 0 Å². The molecule has 84 valence electrons. The first-order valence-corrected chi connectivity index (χ1v) is 5.33. The molecule has 1 heterocycles. The van der Waals surface area contributed by atoms with E-state index in [0.29, 0.717) is 0 Å². The standard InChI is InChI=1S/C13H16N2O/c1-15(2)8-12-6-13-10(7-14-12)4-3-5-11(13)9-16/h3-7,16H,8-9H2,1-2H3. The van der Waals surface area contributed by atoms with Crippen LogP contribution in [0.5, 0.6) is 0 Å². The topological polar surface area (TPSA) is 36.4 Å². The van der Waals surface area contributed by atoms with Crippen LogP contribution >= 0.6 is 0 Å². The van der Waals surface area contributed by atoms with Crippen LogP contribution in [-0.4, -0.2) is 29.1 Å². The first-order chi connectivity index (χ1) is 7.70. The SMILES string of the molecule is CN(C)Cc1cc2c(CO)cccc2cn1. The summed E-state index contributed by atoms with van der Waals surface area (Å²) in [6, 6.07) is 7.96. The van der Waals surface area contributed by atoms with Gasteiger partial charge in [-0.05, 0) is 31.1 Å². The second kappa shape index (κ2) is 4.60. The average Bonchev–Trinajstić information content (AvgIpc) is 2.27. The Morgan fingerprint density at radius 1 is 1.31 bits per heavy atom. The van der Waals surface area contributed by atoms with Crippen molar-refractivity contribution < 1.29 is 5.11 Å². The van der Waals surface area contributed by atoms with Gasteiger partial charge >= 0.3 is 0 Å². The highest BCUT2D eigenvalue weighted by atomic mass is 16.3. The predicted molar refractivity (Wildman–Crippen MR) is 65.1 cm³/mol. The minimum absolute atomic E-state index is 0.0722. The molecule has 2 rings (SSSR count). The van der Waals surface area contributed by atoms with Crippen LogP contribution in [0, 0.1) is 0 Å². The molecule has 0 bridgehead atoms. The number of fused-ring (bicyclic) bond motifs is 1. The molecule has 0 unspecified atom stereocenters. The van der Waals surface area contributed by atoms with Crippen molar-refractivity contribution in [3.05, 3.63) is 41.7 Å². The van der Waals surface area contributed by atoms with Crippen molar-refractivity contribution in [3.63, 3.8) is 0 Å². The van der Waals surface area contributed by atoms with E-state index in [0.717, 1.165) is 28.6 Å². The van der Waals surface area contributed by atoms with Gasteiger partial charge in [-0.15, -0.1) is 0 Å². The zero-order valence-corrected chi connectivity index (χ0v) is 9.64. The second-order valence-corrected chi connectivity index (χ2v) is 4.21. The normalized spacial score (nSPS) is 11.2. The highest BCUT2D eigenvalue weighted by molar-refractivity contribution is 5.85. The molecule has 1 N–H and O–H groups in total. The Labute approximate surface area is 95.3 Å². The van der Waals surface area contributed by atoms with Crippen LogP contribution in [0.25, 0.3) is 10.8 Å². The van der Waals surface area contributed by atoms with Gasteiger partial charge in [0, 0.05) is 18.1 Å². The fraction of sp³-hybridized carbons (Fsp3) is 0.308. The predicted octanol–water partition coefficient (Wildman–Crippen LogP) is 1.79. The van der Waals surface area contributed by atoms with Gasteiger partial charge < -0.3 is 10.0 Å². The number of hydrogen-bond acceptors (Lipinski definition) is 3. The molecule has 0 spiro atoms. The summed E-state index contributed by atoms with van der Waals surface area (Å²) in [5, 5.41) is 11.4. The molecular weight excluding hydrogens is 200 g/mol. The molecule has 0 saturated heterocycles. The molecule has 0 aliphatic rings. The van der Waals surface area contributed by atoms with Crippen molar-refractivity contribution in [1.82, 2.24) is 9.88 Å². The fourth-order valence-electron chi connectivity index (χ4n) is 1.83. The van der Waals surface area contributed by atoms with E-state index in [1.807, 2.05) is 38.5 Å². The third-order valence-electron chi connectivity index (χ3n) is 2.56. The number of aliphatic hydroxyl groups excluding tert-OH is 1. The minimum Gasteiger partial charge on any atom is -0.392 e. The Balaban J connectivity index is 2.50. The maximum Gasteiger partial charge on any atom is 0.0687 e. The summed E-state index contributed by atoms with van der Waals surface area (Å²) in [4.78, 5) is 6.48. The molecule has 3 heteroatoms. The average molecular weight is 216 g/mol. The van der Waals surface area contributed by atoms with Crippen molar-refractivity contribution in [2.45, 2.75) is 13.2 Å². The Hall–Kier alpha value is -1.45. The Bertz CT molecular complexity index is 494. The largest absolute Gasteiger partial charge is 0.392 e. The lowest BCUT2D eigenvalue weighted by Gasteiger charge is -2.10. The van der Waals surface area contributed by atoms with E-state index in [2.05, 4.69) is 16.0 Å². The smallest absolute Gasteiger partial charge is 0.0687 e.